The SMILES string of the molecule is Cc1ccccc1-n1cc(N)c(-c2sccc2C)n1. The Morgan fingerprint density at radius 1 is 1.11 bits per heavy atom. The lowest BCUT2D eigenvalue weighted by Gasteiger charge is -2.04. The molecule has 0 amide bonds. The maximum Gasteiger partial charge on any atom is 0.126 e. The molecule has 2 N–H and O–H groups in total. The highest BCUT2D eigenvalue weighted by Gasteiger charge is 2.13. The first-order valence-corrected chi connectivity index (χ1v) is 7.00. The summed E-state index contributed by atoms with van der Waals surface area (Å²) in [7, 11) is 0. The number of nitrogens with two attached hydrogens (primary N) is 1. The van der Waals surface area contributed by atoms with Gasteiger partial charge in [0.15, 0.2) is 0 Å². The van der Waals surface area contributed by atoms with Crippen LogP contribution in [0.1, 0.15) is 11.1 Å². The lowest BCUT2D eigenvalue weighted by molar-refractivity contribution is 0.877. The molecule has 0 aliphatic rings. The lowest BCUT2D eigenvalue weighted by atomic mass is 10.2. The fourth-order valence-corrected chi connectivity index (χ4v) is 3.06. The van der Waals surface area contributed by atoms with Crippen molar-refractivity contribution in [3.05, 3.63) is 53.0 Å². The van der Waals surface area contributed by atoms with E-state index in [0.29, 0.717) is 5.69 Å². The molecule has 0 bridgehead atoms. The van der Waals surface area contributed by atoms with Crippen LogP contribution in [-0.4, -0.2) is 9.78 Å². The van der Waals surface area contributed by atoms with E-state index >= 15 is 0 Å². The van der Waals surface area contributed by atoms with Crippen molar-refractivity contribution in [3.63, 3.8) is 0 Å². The molecule has 3 aromatic rings. The summed E-state index contributed by atoms with van der Waals surface area (Å²) < 4.78 is 1.86. The molecule has 0 aliphatic carbocycles. The Hall–Kier alpha value is -2.07. The number of nitrogens with zero attached hydrogens (tertiary/aromatic N) is 2. The van der Waals surface area contributed by atoms with Crippen molar-refractivity contribution in [1.82, 2.24) is 9.78 Å². The number of thiophene rings is 1. The maximum atomic E-state index is 6.11. The Balaban J connectivity index is 2.13. The van der Waals surface area contributed by atoms with Crippen molar-refractivity contribution in [3.8, 4) is 16.3 Å². The summed E-state index contributed by atoms with van der Waals surface area (Å²) in [5.74, 6) is 0. The zero-order valence-corrected chi connectivity index (χ0v) is 11.7. The van der Waals surface area contributed by atoms with E-state index < -0.39 is 0 Å². The highest BCUT2D eigenvalue weighted by molar-refractivity contribution is 7.13. The first kappa shape index (κ1) is 12.0. The molecule has 0 fully saturated rings. The molecule has 19 heavy (non-hydrogen) atoms. The number of hydrogen-bond acceptors (Lipinski definition) is 3. The quantitative estimate of drug-likeness (QED) is 0.769. The van der Waals surface area contributed by atoms with Crippen LogP contribution in [-0.2, 0) is 0 Å². The van der Waals surface area contributed by atoms with Gasteiger partial charge in [0, 0.05) is 0 Å². The summed E-state index contributed by atoms with van der Waals surface area (Å²) in [4.78, 5) is 1.14. The minimum absolute atomic E-state index is 0.716. The van der Waals surface area contributed by atoms with Crippen molar-refractivity contribution < 1.29 is 0 Å². The maximum absolute atomic E-state index is 6.11. The van der Waals surface area contributed by atoms with Gasteiger partial charge in [0.25, 0.3) is 0 Å². The second-order valence-corrected chi connectivity index (χ2v) is 5.51. The van der Waals surface area contributed by atoms with Gasteiger partial charge in [0.05, 0.1) is 22.4 Å². The molecule has 0 saturated carbocycles. The molecule has 0 radical (unpaired) electrons. The van der Waals surface area contributed by atoms with E-state index in [-0.39, 0.29) is 0 Å². The van der Waals surface area contributed by atoms with Gasteiger partial charge in [0.2, 0.25) is 0 Å². The molecule has 0 atom stereocenters. The van der Waals surface area contributed by atoms with Crippen LogP contribution in [0.4, 0.5) is 5.69 Å². The van der Waals surface area contributed by atoms with Crippen LogP contribution >= 0.6 is 11.3 Å². The van der Waals surface area contributed by atoms with E-state index in [4.69, 9.17) is 5.73 Å². The molecule has 4 heteroatoms. The van der Waals surface area contributed by atoms with Crippen LogP contribution < -0.4 is 5.73 Å². The Morgan fingerprint density at radius 2 is 1.89 bits per heavy atom. The first-order valence-electron chi connectivity index (χ1n) is 6.12. The third-order valence-corrected chi connectivity index (χ3v) is 4.21. The van der Waals surface area contributed by atoms with Crippen molar-refractivity contribution in [1.29, 1.82) is 0 Å². The zero-order chi connectivity index (χ0) is 13.4. The highest BCUT2D eigenvalue weighted by Crippen LogP contribution is 2.32. The van der Waals surface area contributed by atoms with E-state index in [1.165, 1.54) is 11.1 Å². The van der Waals surface area contributed by atoms with Crippen molar-refractivity contribution >= 4 is 17.0 Å². The molecule has 2 aromatic heterocycles. The van der Waals surface area contributed by atoms with Gasteiger partial charge < -0.3 is 5.73 Å². The number of benzene rings is 1. The molecule has 1 aromatic carbocycles. The van der Waals surface area contributed by atoms with E-state index in [9.17, 15) is 0 Å². The van der Waals surface area contributed by atoms with Crippen LogP contribution in [0.25, 0.3) is 16.3 Å². The molecule has 3 nitrogen and oxygen atoms in total. The van der Waals surface area contributed by atoms with Gasteiger partial charge in [-0.2, -0.15) is 5.10 Å². The standard InChI is InChI=1S/C15H15N3S/c1-10-5-3-4-6-13(10)18-9-12(16)14(17-18)15-11(2)7-8-19-15/h3-9H,16H2,1-2H3. The fraction of sp³-hybridized carbons (Fsp3) is 0.133. The number of nitrogen functional groups attached to an aromatic ring is 1. The second kappa shape index (κ2) is 4.55. The van der Waals surface area contributed by atoms with Gasteiger partial charge in [0.1, 0.15) is 5.69 Å². The van der Waals surface area contributed by atoms with E-state index in [1.54, 1.807) is 11.3 Å². The Labute approximate surface area is 116 Å². The molecular weight excluding hydrogens is 254 g/mol. The number of para-hydroxylation sites is 1. The van der Waals surface area contributed by atoms with Gasteiger partial charge in [-0.3, -0.25) is 0 Å². The Kier molecular flexibility index (Phi) is 2.87. The average molecular weight is 269 g/mol. The van der Waals surface area contributed by atoms with Crippen LogP contribution in [0.3, 0.4) is 0 Å². The number of aromatic nitrogens is 2. The second-order valence-electron chi connectivity index (χ2n) is 4.60. The largest absolute Gasteiger partial charge is 0.396 e. The summed E-state index contributed by atoms with van der Waals surface area (Å²) in [5.41, 5.74) is 11.2. The third kappa shape index (κ3) is 2.04. The minimum atomic E-state index is 0.716. The van der Waals surface area contributed by atoms with Crippen molar-refractivity contribution in [2.24, 2.45) is 0 Å². The van der Waals surface area contributed by atoms with Crippen LogP contribution in [0, 0.1) is 13.8 Å². The smallest absolute Gasteiger partial charge is 0.126 e. The van der Waals surface area contributed by atoms with Crippen molar-refractivity contribution in [2.75, 3.05) is 5.73 Å². The van der Waals surface area contributed by atoms with Crippen molar-refractivity contribution in [2.45, 2.75) is 13.8 Å². The van der Waals surface area contributed by atoms with Gasteiger partial charge >= 0.3 is 0 Å². The lowest BCUT2D eigenvalue weighted by Crippen LogP contribution is -1.97. The number of aryl methyl sites for hydroxylation is 2. The molecule has 2 heterocycles. The number of hydrogen-bond donors (Lipinski definition) is 1. The third-order valence-electron chi connectivity index (χ3n) is 3.18. The normalized spacial score (nSPS) is 10.8. The predicted molar refractivity (Wildman–Crippen MR) is 80.8 cm³/mol. The van der Waals surface area contributed by atoms with E-state index in [2.05, 4.69) is 36.5 Å². The molecule has 0 saturated heterocycles. The summed E-state index contributed by atoms with van der Waals surface area (Å²) >= 11 is 1.67. The molecule has 3 rings (SSSR count). The summed E-state index contributed by atoms with van der Waals surface area (Å²) in [6, 6.07) is 10.2. The van der Waals surface area contributed by atoms with Crippen LogP contribution in [0.2, 0.25) is 0 Å². The molecule has 0 aliphatic heterocycles. The average Bonchev–Trinajstić information content (AvgIpc) is 2.96. The van der Waals surface area contributed by atoms with Crippen LogP contribution in [0.15, 0.2) is 41.9 Å². The molecule has 0 unspecified atom stereocenters. The molecular formula is C15H15N3S. The topological polar surface area (TPSA) is 43.8 Å². The Morgan fingerprint density at radius 3 is 2.58 bits per heavy atom. The van der Waals surface area contributed by atoms with Gasteiger partial charge in [-0.15, -0.1) is 11.3 Å². The number of rotatable bonds is 2. The monoisotopic (exact) mass is 269 g/mol. The summed E-state index contributed by atoms with van der Waals surface area (Å²) in [5, 5.41) is 6.71. The Bertz CT molecular complexity index is 725. The zero-order valence-electron chi connectivity index (χ0n) is 10.9. The van der Waals surface area contributed by atoms with Gasteiger partial charge in [-0.05, 0) is 42.5 Å². The summed E-state index contributed by atoms with van der Waals surface area (Å²) in [6.07, 6.45) is 1.89. The fourth-order valence-electron chi connectivity index (χ4n) is 2.12. The molecule has 96 valence electrons. The summed E-state index contributed by atoms with van der Waals surface area (Å²) in [6.45, 7) is 4.15. The predicted octanol–water partition coefficient (Wildman–Crippen LogP) is 3.80. The van der Waals surface area contributed by atoms with Crippen LogP contribution in [0.5, 0.6) is 0 Å². The first-order chi connectivity index (χ1) is 9.16. The number of anilines is 1. The van der Waals surface area contributed by atoms with E-state index in [0.717, 1.165) is 16.3 Å². The highest BCUT2D eigenvalue weighted by atomic mass is 32.1. The molecule has 0 spiro atoms. The van der Waals surface area contributed by atoms with Gasteiger partial charge in [-0.25, -0.2) is 4.68 Å². The van der Waals surface area contributed by atoms with Gasteiger partial charge in [-0.1, -0.05) is 18.2 Å². The van der Waals surface area contributed by atoms with E-state index in [1.807, 2.05) is 29.1 Å². The minimum Gasteiger partial charge on any atom is -0.396 e.